The maximum Gasteiger partial charge on any atom is 0.260 e. The average Bonchev–Trinajstić information content (AvgIpc) is 2.77. The Morgan fingerprint density at radius 1 is 1.20 bits per heavy atom. The van der Waals surface area contributed by atoms with Crippen molar-refractivity contribution in [1.29, 1.82) is 0 Å². The van der Waals surface area contributed by atoms with E-state index >= 15 is 0 Å². The number of piperidine rings is 1. The van der Waals surface area contributed by atoms with Crippen LogP contribution in [0.5, 0.6) is 11.5 Å². The van der Waals surface area contributed by atoms with Crippen molar-refractivity contribution in [2.24, 2.45) is 0 Å². The van der Waals surface area contributed by atoms with Crippen LogP contribution in [0.2, 0.25) is 0 Å². The molecule has 0 saturated carbocycles. The van der Waals surface area contributed by atoms with Crippen molar-refractivity contribution in [2.75, 3.05) is 52.8 Å². The van der Waals surface area contributed by atoms with Crippen molar-refractivity contribution in [2.45, 2.75) is 25.3 Å². The van der Waals surface area contributed by atoms with Crippen LogP contribution in [0, 0.1) is 0 Å². The SMILES string of the molecule is COc1ccccc1OCC(=O)N(C)Cc1cc(N(C)C)nc([C@@H]2CCCNC2)n1. The molecule has 0 radical (unpaired) electrons. The molecule has 1 saturated heterocycles. The predicted molar refractivity (Wildman–Crippen MR) is 116 cm³/mol. The number of carbonyl (C=O) groups excluding carboxylic acids is 1. The van der Waals surface area contributed by atoms with Gasteiger partial charge in [-0.3, -0.25) is 4.79 Å². The zero-order valence-corrected chi connectivity index (χ0v) is 18.2. The van der Waals surface area contributed by atoms with Gasteiger partial charge in [-0.15, -0.1) is 0 Å². The molecule has 1 amide bonds. The summed E-state index contributed by atoms with van der Waals surface area (Å²) in [6.07, 6.45) is 2.19. The molecule has 1 atom stereocenters. The van der Waals surface area contributed by atoms with Crippen LogP contribution in [0.3, 0.4) is 0 Å². The highest BCUT2D eigenvalue weighted by Crippen LogP contribution is 2.26. The molecule has 0 aliphatic carbocycles. The monoisotopic (exact) mass is 413 g/mol. The molecule has 1 aliphatic heterocycles. The lowest BCUT2D eigenvalue weighted by molar-refractivity contribution is -0.132. The zero-order valence-electron chi connectivity index (χ0n) is 18.2. The quantitative estimate of drug-likeness (QED) is 0.709. The molecule has 8 heteroatoms. The number of hydrogen-bond acceptors (Lipinski definition) is 7. The van der Waals surface area contributed by atoms with E-state index in [1.807, 2.05) is 37.2 Å². The van der Waals surface area contributed by atoms with E-state index in [-0.39, 0.29) is 12.5 Å². The maximum atomic E-state index is 12.6. The Morgan fingerprint density at radius 3 is 2.63 bits per heavy atom. The Morgan fingerprint density at radius 2 is 1.97 bits per heavy atom. The van der Waals surface area contributed by atoms with E-state index in [0.29, 0.717) is 24.0 Å². The molecule has 1 aromatic carbocycles. The van der Waals surface area contributed by atoms with Gasteiger partial charge in [0.05, 0.1) is 19.3 Å². The number of anilines is 1. The number of para-hydroxylation sites is 2. The molecule has 30 heavy (non-hydrogen) atoms. The van der Waals surface area contributed by atoms with Gasteiger partial charge >= 0.3 is 0 Å². The first-order valence-electron chi connectivity index (χ1n) is 10.2. The Balaban J connectivity index is 1.67. The molecule has 2 heterocycles. The number of methoxy groups -OCH3 is 1. The van der Waals surface area contributed by atoms with Crippen molar-refractivity contribution in [3.05, 3.63) is 41.9 Å². The van der Waals surface area contributed by atoms with E-state index in [2.05, 4.69) is 5.32 Å². The number of aromatic nitrogens is 2. The molecule has 1 N–H and O–H groups in total. The number of amides is 1. The summed E-state index contributed by atoms with van der Waals surface area (Å²) in [6.45, 7) is 2.25. The molecule has 1 fully saturated rings. The van der Waals surface area contributed by atoms with Crippen LogP contribution in [0.4, 0.5) is 5.82 Å². The molecular formula is C22H31N5O3. The van der Waals surface area contributed by atoms with Crippen LogP contribution < -0.4 is 19.7 Å². The number of rotatable bonds is 8. The smallest absolute Gasteiger partial charge is 0.260 e. The third-order valence-corrected chi connectivity index (χ3v) is 5.15. The van der Waals surface area contributed by atoms with Gasteiger partial charge in [-0.2, -0.15) is 0 Å². The van der Waals surface area contributed by atoms with Crippen LogP contribution in [0.25, 0.3) is 0 Å². The van der Waals surface area contributed by atoms with Gasteiger partial charge in [-0.1, -0.05) is 12.1 Å². The lowest BCUT2D eigenvalue weighted by Crippen LogP contribution is -2.32. The first kappa shape index (κ1) is 21.8. The van der Waals surface area contributed by atoms with E-state index in [1.54, 1.807) is 31.2 Å². The van der Waals surface area contributed by atoms with Gasteiger partial charge in [0.15, 0.2) is 18.1 Å². The number of carbonyl (C=O) groups is 1. The van der Waals surface area contributed by atoms with Gasteiger partial charge in [0.25, 0.3) is 5.91 Å². The summed E-state index contributed by atoms with van der Waals surface area (Å²) < 4.78 is 10.9. The molecule has 0 bridgehead atoms. The second-order valence-corrected chi connectivity index (χ2v) is 7.70. The average molecular weight is 414 g/mol. The molecular weight excluding hydrogens is 382 g/mol. The molecule has 162 valence electrons. The fourth-order valence-electron chi connectivity index (χ4n) is 3.39. The standard InChI is InChI=1S/C22H31N5O3/c1-26(2)20-12-17(24-22(25-20)16-8-7-11-23-13-16)14-27(3)21(28)15-30-19-10-6-5-9-18(19)29-4/h5-6,9-10,12,16,23H,7-8,11,13-15H2,1-4H3/t16-/m1/s1. The van der Waals surface area contributed by atoms with Gasteiger partial charge in [-0.05, 0) is 31.5 Å². The second-order valence-electron chi connectivity index (χ2n) is 7.70. The third-order valence-electron chi connectivity index (χ3n) is 5.15. The molecule has 8 nitrogen and oxygen atoms in total. The van der Waals surface area contributed by atoms with Gasteiger partial charge < -0.3 is 24.6 Å². The van der Waals surface area contributed by atoms with E-state index in [4.69, 9.17) is 19.4 Å². The minimum atomic E-state index is -0.133. The number of ether oxygens (including phenoxy) is 2. The Labute approximate surface area is 178 Å². The van der Waals surface area contributed by atoms with Crippen LogP contribution in [0.1, 0.15) is 30.3 Å². The molecule has 2 aromatic rings. The van der Waals surface area contributed by atoms with Crippen molar-refractivity contribution in [1.82, 2.24) is 20.2 Å². The number of nitrogens with zero attached hydrogens (tertiary/aromatic N) is 4. The van der Waals surface area contributed by atoms with Crippen LogP contribution >= 0.6 is 0 Å². The van der Waals surface area contributed by atoms with E-state index < -0.39 is 0 Å². The summed E-state index contributed by atoms with van der Waals surface area (Å²) in [4.78, 5) is 25.7. The third kappa shape index (κ3) is 5.60. The molecule has 1 aliphatic rings. The Kier molecular flexibility index (Phi) is 7.46. The molecule has 0 unspecified atom stereocenters. The summed E-state index contributed by atoms with van der Waals surface area (Å²) in [5.74, 6) is 3.01. The van der Waals surface area contributed by atoms with Crippen LogP contribution in [-0.2, 0) is 11.3 Å². The Hall–Kier alpha value is -2.87. The van der Waals surface area contributed by atoms with Gasteiger partial charge in [-0.25, -0.2) is 9.97 Å². The van der Waals surface area contributed by atoms with Crippen LogP contribution in [-0.4, -0.2) is 68.7 Å². The van der Waals surface area contributed by atoms with Gasteiger partial charge in [0.1, 0.15) is 11.6 Å². The number of nitrogens with one attached hydrogen (secondary N) is 1. The van der Waals surface area contributed by atoms with Crippen molar-refractivity contribution >= 4 is 11.7 Å². The number of likely N-dealkylation sites (N-methyl/N-ethyl adjacent to an activating group) is 1. The van der Waals surface area contributed by atoms with E-state index in [9.17, 15) is 4.79 Å². The lowest BCUT2D eigenvalue weighted by Gasteiger charge is -2.24. The first-order valence-corrected chi connectivity index (χ1v) is 10.2. The van der Waals surface area contributed by atoms with Crippen molar-refractivity contribution < 1.29 is 14.3 Å². The number of benzene rings is 1. The Bertz CT molecular complexity index is 852. The van der Waals surface area contributed by atoms with E-state index in [1.165, 1.54) is 0 Å². The number of hydrogen-bond donors (Lipinski definition) is 1. The van der Waals surface area contributed by atoms with Gasteiger partial charge in [0, 0.05) is 39.7 Å². The van der Waals surface area contributed by atoms with Crippen molar-refractivity contribution in [3.63, 3.8) is 0 Å². The normalized spacial score (nSPS) is 16.1. The van der Waals surface area contributed by atoms with Crippen LogP contribution in [0.15, 0.2) is 30.3 Å². The summed E-state index contributed by atoms with van der Waals surface area (Å²) in [5.41, 5.74) is 0.822. The highest BCUT2D eigenvalue weighted by Gasteiger charge is 2.21. The minimum Gasteiger partial charge on any atom is -0.493 e. The summed E-state index contributed by atoms with van der Waals surface area (Å²) in [5, 5.41) is 3.42. The highest BCUT2D eigenvalue weighted by atomic mass is 16.5. The molecule has 3 rings (SSSR count). The highest BCUT2D eigenvalue weighted by molar-refractivity contribution is 5.77. The topological polar surface area (TPSA) is 79.8 Å². The van der Waals surface area contributed by atoms with Gasteiger partial charge in [0.2, 0.25) is 0 Å². The first-order chi connectivity index (χ1) is 14.5. The fraction of sp³-hybridized carbons (Fsp3) is 0.500. The van der Waals surface area contributed by atoms with Crippen molar-refractivity contribution in [3.8, 4) is 11.5 Å². The lowest BCUT2D eigenvalue weighted by atomic mass is 9.99. The summed E-state index contributed by atoms with van der Waals surface area (Å²) in [6, 6.07) is 9.22. The maximum absolute atomic E-state index is 12.6. The minimum absolute atomic E-state index is 0.0676. The second kappa shape index (κ2) is 10.2. The fourth-order valence-corrected chi connectivity index (χ4v) is 3.39. The predicted octanol–water partition coefficient (Wildman–Crippen LogP) is 2.06. The van der Waals surface area contributed by atoms with E-state index in [0.717, 1.165) is 43.3 Å². The summed E-state index contributed by atoms with van der Waals surface area (Å²) >= 11 is 0. The zero-order chi connectivity index (χ0) is 21.5. The summed E-state index contributed by atoms with van der Waals surface area (Å²) in [7, 11) is 7.26. The molecule has 0 spiro atoms. The molecule has 1 aromatic heterocycles. The largest absolute Gasteiger partial charge is 0.493 e.